The number of pyridine rings is 1. The van der Waals surface area contributed by atoms with Gasteiger partial charge in [0.1, 0.15) is 0 Å². The van der Waals surface area contributed by atoms with E-state index in [4.69, 9.17) is 0 Å². The minimum atomic E-state index is 0.0884. The predicted octanol–water partition coefficient (Wildman–Crippen LogP) is 2.89. The van der Waals surface area contributed by atoms with Crippen molar-refractivity contribution in [1.29, 1.82) is 0 Å². The lowest BCUT2D eigenvalue weighted by Gasteiger charge is -2.35. The number of nitrogens with zero attached hydrogens (tertiary/aromatic N) is 5. The molecule has 0 atom stereocenters. The molecule has 1 aromatic carbocycles. The number of nitrogens with one attached hydrogen (secondary N) is 1. The van der Waals surface area contributed by atoms with Crippen LogP contribution in [-0.2, 0) is 0 Å². The Labute approximate surface area is 164 Å². The van der Waals surface area contributed by atoms with Crippen LogP contribution in [0.3, 0.4) is 0 Å². The third-order valence-electron chi connectivity index (χ3n) is 4.74. The van der Waals surface area contributed by atoms with Crippen molar-refractivity contribution in [2.24, 2.45) is 0 Å². The number of aromatic nitrogens is 3. The van der Waals surface area contributed by atoms with Gasteiger partial charge in [0.05, 0.1) is 11.9 Å². The third kappa shape index (κ3) is 4.09. The Hall–Kier alpha value is -3.48. The van der Waals surface area contributed by atoms with Crippen molar-refractivity contribution >= 4 is 23.2 Å². The molecule has 1 saturated heterocycles. The monoisotopic (exact) mass is 374 g/mol. The SMILES string of the molecule is Cc1cccc(C(=O)N2CCN(c3ccc(Nc4cccnc4)nn3)CC2)c1. The summed E-state index contributed by atoms with van der Waals surface area (Å²) in [6, 6.07) is 15.4. The second-order valence-electron chi connectivity index (χ2n) is 6.79. The van der Waals surface area contributed by atoms with Crippen molar-refractivity contribution in [3.8, 4) is 0 Å². The van der Waals surface area contributed by atoms with Gasteiger partial charge in [-0.05, 0) is 43.3 Å². The summed E-state index contributed by atoms with van der Waals surface area (Å²) in [5.41, 5.74) is 2.71. The van der Waals surface area contributed by atoms with Crippen LogP contribution in [0.25, 0.3) is 0 Å². The summed E-state index contributed by atoms with van der Waals surface area (Å²) in [7, 11) is 0. The van der Waals surface area contributed by atoms with Gasteiger partial charge < -0.3 is 15.1 Å². The van der Waals surface area contributed by atoms with E-state index in [0.717, 1.165) is 35.7 Å². The minimum absolute atomic E-state index is 0.0884. The highest BCUT2D eigenvalue weighted by molar-refractivity contribution is 5.94. The maximum atomic E-state index is 12.7. The van der Waals surface area contributed by atoms with Crippen LogP contribution in [-0.4, -0.2) is 52.2 Å². The van der Waals surface area contributed by atoms with Gasteiger partial charge in [0.2, 0.25) is 0 Å². The number of aryl methyl sites for hydroxylation is 1. The Bertz CT molecular complexity index is 937. The van der Waals surface area contributed by atoms with Crippen molar-refractivity contribution in [3.05, 3.63) is 72.1 Å². The molecule has 28 heavy (non-hydrogen) atoms. The molecule has 142 valence electrons. The number of rotatable bonds is 4. The van der Waals surface area contributed by atoms with Crippen LogP contribution in [0.2, 0.25) is 0 Å². The molecule has 1 fully saturated rings. The maximum absolute atomic E-state index is 12.7. The molecule has 1 amide bonds. The van der Waals surface area contributed by atoms with Crippen LogP contribution < -0.4 is 10.2 Å². The van der Waals surface area contributed by atoms with Gasteiger partial charge >= 0.3 is 0 Å². The topological polar surface area (TPSA) is 74.2 Å². The summed E-state index contributed by atoms with van der Waals surface area (Å²) in [4.78, 5) is 20.8. The van der Waals surface area contributed by atoms with E-state index in [2.05, 4.69) is 25.4 Å². The number of carbonyl (C=O) groups excluding carboxylic acids is 1. The molecule has 1 aliphatic rings. The second kappa shape index (κ2) is 8.04. The van der Waals surface area contributed by atoms with E-state index in [1.807, 2.05) is 60.4 Å². The van der Waals surface area contributed by atoms with Crippen LogP contribution in [0, 0.1) is 6.92 Å². The van der Waals surface area contributed by atoms with Crippen LogP contribution in [0.1, 0.15) is 15.9 Å². The molecule has 0 spiro atoms. The van der Waals surface area contributed by atoms with Gasteiger partial charge in [-0.1, -0.05) is 17.7 Å². The molecule has 1 N–H and O–H groups in total. The first kappa shape index (κ1) is 17.9. The molecule has 0 bridgehead atoms. The Balaban J connectivity index is 1.35. The fraction of sp³-hybridized carbons (Fsp3) is 0.238. The molecule has 7 nitrogen and oxygen atoms in total. The van der Waals surface area contributed by atoms with E-state index in [1.54, 1.807) is 12.4 Å². The van der Waals surface area contributed by atoms with Gasteiger partial charge in [0.25, 0.3) is 5.91 Å². The first-order chi connectivity index (χ1) is 13.7. The number of hydrogen-bond acceptors (Lipinski definition) is 6. The van der Waals surface area contributed by atoms with Crippen LogP contribution in [0.5, 0.6) is 0 Å². The summed E-state index contributed by atoms with van der Waals surface area (Å²) >= 11 is 0. The predicted molar refractivity (Wildman–Crippen MR) is 109 cm³/mol. The smallest absolute Gasteiger partial charge is 0.253 e. The lowest BCUT2D eigenvalue weighted by molar-refractivity contribution is 0.0746. The van der Waals surface area contributed by atoms with Gasteiger partial charge in [-0.2, -0.15) is 0 Å². The molecule has 2 aromatic heterocycles. The average molecular weight is 374 g/mol. The Morgan fingerprint density at radius 2 is 1.86 bits per heavy atom. The van der Waals surface area contributed by atoms with E-state index in [1.165, 1.54) is 0 Å². The zero-order valence-corrected chi connectivity index (χ0v) is 15.7. The zero-order valence-electron chi connectivity index (χ0n) is 15.7. The van der Waals surface area contributed by atoms with Crippen molar-refractivity contribution in [1.82, 2.24) is 20.1 Å². The number of carbonyl (C=O) groups is 1. The normalized spacial score (nSPS) is 14.0. The molecule has 3 heterocycles. The molecular weight excluding hydrogens is 352 g/mol. The fourth-order valence-corrected chi connectivity index (χ4v) is 3.24. The Kier molecular flexibility index (Phi) is 5.14. The van der Waals surface area contributed by atoms with E-state index in [-0.39, 0.29) is 5.91 Å². The standard InChI is InChI=1S/C21H22N6O/c1-16-4-2-5-17(14-16)21(28)27-12-10-26(11-13-27)20-8-7-19(24-25-20)23-18-6-3-9-22-15-18/h2-9,14-15H,10-13H2,1H3,(H,23,24). The number of hydrogen-bond donors (Lipinski definition) is 1. The highest BCUT2D eigenvalue weighted by Gasteiger charge is 2.23. The van der Waals surface area contributed by atoms with Crippen molar-refractivity contribution in [3.63, 3.8) is 0 Å². The molecule has 7 heteroatoms. The van der Waals surface area contributed by atoms with E-state index >= 15 is 0 Å². The minimum Gasteiger partial charge on any atom is -0.352 e. The summed E-state index contributed by atoms with van der Waals surface area (Å²) in [6.45, 7) is 4.82. The second-order valence-corrected chi connectivity index (χ2v) is 6.79. The van der Waals surface area contributed by atoms with Crippen LogP contribution in [0.15, 0.2) is 60.9 Å². The molecule has 0 saturated carbocycles. The number of anilines is 3. The van der Waals surface area contributed by atoms with E-state index in [0.29, 0.717) is 18.9 Å². The molecule has 0 aliphatic carbocycles. The number of piperazine rings is 1. The molecule has 1 aliphatic heterocycles. The van der Waals surface area contributed by atoms with E-state index < -0.39 is 0 Å². The molecule has 0 radical (unpaired) electrons. The lowest BCUT2D eigenvalue weighted by atomic mass is 10.1. The fourth-order valence-electron chi connectivity index (χ4n) is 3.24. The number of benzene rings is 1. The van der Waals surface area contributed by atoms with Gasteiger partial charge in [-0.15, -0.1) is 10.2 Å². The Morgan fingerprint density at radius 1 is 1.00 bits per heavy atom. The summed E-state index contributed by atoms with van der Waals surface area (Å²) < 4.78 is 0. The van der Waals surface area contributed by atoms with Gasteiger partial charge in [-0.25, -0.2) is 0 Å². The molecular formula is C21H22N6O. The highest BCUT2D eigenvalue weighted by atomic mass is 16.2. The average Bonchev–Trinajstić information content (AvgIpc) is 2.75. The first-order valence-electron chi connectivity index (χ1n) is 9.31. The van der Waals surface area contributed by atoms with Gasteiger partial charge in [0, 0.05) is 37.9 Å². The largest absolute Gasteiger partial charge is 0.352 e. The maximum Gasteiger partial charge on any atom is 0.253 e. The van der Waals surface area contributed by atoms with Gasteiger partial charge in [-0.3, -0.25) is 9.78 Å². The number of amides is 1. The first-order valence-corrected chi connectivity index (χ1v) is 9.31. The molecule has 0 unspecified atom stereocenters. The summed E-state index contributed by atoms with van der Waals surface area (Å²) in [5, 5.41) is 11.7. The Morgan fingerprint density at radius 3 is 2.54 bits per heavy atom. The quantitative estimate of drug-likeness (QED) is 0.757. The molecule has 4 rings (SSSR count). The van der Waals surface area contributed by atoms with E-state index in [9.17, 15) is 4.79 Å². The summed E-state index contributed by atoms with van der Waals surface area (Å²) in [5.74, 6) is 1.58. The summed E-state index contributed by atoms with van der Waals surface area (Å²) in [6.07, 6.45) is 3.46. The molecule has 3 aromatic rings. The van der Waals surface area contributed by atoms with Crippen molar-refractivity contribution in [2.45, 2.75) is 6.92 Å². The van der Waals surface area contributed by atoms with Crippen LogP contribution in [0.4, 0.5) is 17.3 Å². The highest BCUT2D eigenvalue weighted by Crippen LogP contribution is 2.18. The zero-order chi connectivity index (χ0) is 19.3. The van der Waals surface area contributed by atoms with Gasteiger partial charge in [0.15, 0.2) is 11.6 Å². The van der Waals surface area contributed by atoms with Crippen LogP contribution >= 0.6 is 0 Å². The van der Waals surface area contributed by atoms with Crippen molar-refractivity contribution in [2.75, 3.05) is 36.4 Å². The lowest BCUT2D eigenvalue weighted by Crippen LogP contribution is -2.49. The van der Waals surface area contributed by atoms with Crippen molar-refractivity contribution < 1.29 is 4.79 Å². The third-order valence-corrected chi connectivity index (χ3v) is 4.74.